The van der Waals surface area contributed by atoms with Gasteiger partial charge in [-0.25, -0.2) is 0 Å². The maximum absolute atomic E-state index is 12.4. The van der Waals surface area contributed by atoms with Gasteiger partial charge in [-0.3, -0.25) is 9.69 Å². The molecular weight excluding hydrogens is 311 g/mol. The lowest BCUT2D eigenvalue weighted by Crippen LogP contribution is -2.47. The summed E-state index contributed by atoms with van der Waals surface area (Å²) >= 11 is 0. The molecule has 1 aromatic carbocycles. The molecule has 8 heteroatoms. The average Bonchev–Trinajstić information content (AvgIpc) is 2.53. The molecular formula is C15H20F3N3O2. The second-order valence-electron chi connectivity index (χ2n) is 5.37. The molecule has 1 fully saturated rings. The van der Waals surface area contributed by atoms with E-state index in [0.29, 0.717) is 25.2 Å². The molecule has 128 valence electrons. The van der Waals surface area contributed by atoms with E-state index in [4.69, 9.17) is 5.11 Å². The van der Waals surface area contributed by atoms with E-state index >= 15 is 0 Å². The monoisotopic (exact) mass is 331 g/mol. The van der Waals surface area contributed by atoms with E-state index in [1.807, 2.05) is 10.2 Å². The predicted octanol–water partition coefficient (Wildman–Crippen LogP) is 1.69. The van der Waals surface area contributed by atoms with Gasteiger partial charge in [0.25, 0.3) is 0 Å². The van der Waals surface area contributed by atoms with Crippen molar-refractivity contribution in [3.8, 4) is 0 Å². The van der Waals surface area contributed by atoms with Gasteiger partial charge in [-0.1, -0.05) is 12.1 Å². The largest absolute Gasteiger partial charge is 0.471 e. The van der Waals surface area contributed by atoms with E-state index in [1.54, 1.807) is 18.2 Å². The van der Waals surface area contributed by atoms with Crippen molar-refractivity contribution in [2.24, 2.45) is 0 Å². The Kier molecular flexibility index (Phi) is 5.84. The molecule has 0 unspecified atom stereocenters. The topological polar surface area (TPSA) is 55.8 Å². The van der Waals surface area contributed by atoms with Gasteiger partial charge in [0.2, 0.25) is 0 Å². The Bertz CT molecular complexity index is 529. The number of aliphatic hydroxyl groups is 1. The highest BCUT2D eigenvalue weighted by Crippen LogP contribution is 2.28. The standard InChI is InChI=1S/C15H20F3N3O2/c16-15(17,18)14(23)19-12-4-1-2-5-13(12)21-9-7-20(8-10-21)6-3-11-22/h1-2,4-5,22H,3,6-11H2,(H,19,23). The molecule has 5 nitrogen and oxygen atoms in total. The van der Waals surface area contributed by atoms with E-state index in [0.717, 1.165) is 19.6 Å². The lowest BCUT2D eigenvalue weighted by atomic mass is 10.2. The molecule has 1 heterocycles. The first kappa shape index (κ1) is 17.6. The number of nitrogens with zero attached hydrogens (tertiary/aromatic N) is 2. The summed E-state index contributed by atoms with van der Waals surface area (Å²) in [5.41, 5.74) is 0.755. The molecule has 0 bridgehead atoms. The highest BCUT2D eigenvalue weighted by Gasteiger charge is 2.39. The van der Waals surface area contributed by atoms with Gasteiger partial charge < -0.3 is 15.3 Å². The predicted molar refractivity (Wildman–Crippen MR) is 81.5 cm³/mol. The summed E-state index contributed by atoms with van der Waals surface area (Å²) in [6, 6.07) is 6.50. The molecule has 0 saturated carbocycles. The van der Waals surface area contributed by atoms with Gasteiger partial charge in [0, 0.05) is 39.3 Å². The number of hydrogen-bond acceptors (Lipinski definition) is 4. The fourth-order valence-corrected chi connectivity index (χ4v) is 2.55. The first-order valence-electron chi connectivity index (χ1n) is 7.47. The molecule has 0 aliphatic carbocycles. The lowest BCUT2D eigenvalue weighted by Gasteiger charge is -2.36. The van der Waals surface area contributed by atoms with Crippen molar-refractivity contribution in [3.05, 3.63) is 24.3 Å². The number of carbonyl (C=O) groups is 1. The molecule has 1 aliphatic rings. The molecule has 0 aromatic heterocycles. The van der Waals surface area contributed by atoms with Crippen LogP contribution in [0.5, 0.6) is 0 Å². The second kappa shape index (κ2) is 7.65. The third-order valence-electron chi connectivity index (χ3n) is 3.76. The van der Waals surface area contributed by atoms with Crippen molar-refractivity contribution in [2.45, 2.75) is 12.6 Å². The number of nitrogens with one attached hydrogen (secondary N) is 1. The van der Waals surface area contributed by atoms with Crippen molar-refractivity contribution in [3.63, 3.8) is 0 Å². The molecule has 0 spiro atoms. The molecule has 1 amide bonds. The van der Waals surface area contributed by atoms with Gasteiger partial charge in [0.15, 0.2) is 0 Å². The number of rotatable bonds is 5. The number of benzene rings is 1. The third-order valence-corrected chi connectivity index (χ3v) is 3.76. The van der Waals surface area contributed by atoms with E-state index in [1.165, 1.54) is 6.07 Å². The zero-order valence-corrected chi connectivity index (χ0v) is 12.6. The van der Waals surface area contributed by atoms with E-state index < -0.39 is 12.1 Å². The Morgan fingerprint density at radius 3 is 2.43 bits per heavy atom. The van der Waals surface area contributed by atoms with Crippen LogP contribution < -0.4 is 10.2 Å². The summed E-state index contributed by atoms with van der Waals surface area (Å²) in [5, 5.41) is 10.8. The van der Waals surface area contributed by atoms with Crippen molar-refractivity contribution in [2.75, 3.05) is 49.5 Å². The van der Waals surface area contributed by atoms with Crippen LogP contribution in [-0.2, 0) is 4.79 Å². The number of halogens is 3. The van der Waals surface area contributed by atoms with Gasteiger partial charge in [0.1, 0.15) is 0 Å². The zero-order chi connectivity index (χ0) is 16.9. The zero-order valence-electron chi connectivity index (χ0n) is 12.6. The smallest absolute Gasteiger partial charge is 0.396 e. The number of alkyl halides is 3. The molecule has 0 atom stereocenters. The van der Waals surface area contributed by atoms with Crippen LogP contribution in [0.15, 0.2) is 24.3 Å². The van der Waals surface area contributed by atoms with E-state index in [9.17, 15) is 18.0 Å². The minimum atomic E-state index is -4.91. The third kappa shape index (κ3) is 4.84. The van der Waals surface area contributed by atoms with Crippen LogP contribution >= 0.6 is 0 Å². The number of carbonyl (C=O) groups excluding carboxylic acids is 1. The highest BCUT2D eigenvalue weighted by molar-refractivity contribution is 5.97. The maximum atomic E-state index is 12.4. The Balaban J connectivity index is 2.02. The minimum Gasteiger partial charge on any atom is -0.396 e. The summed E-state index contributed by atoms with van der Waals surface area (Å²) < 4.78 is 37.3. The Morgan fingerprint density at radius 2 is 1.83 bits per heavy atom. The molecule has 2 rings (SSSR count). The quantitative estimate of drug-likeness (QED) is 0.862. The fourth-order valence-electron chi connectivity index (χ4n) is 2.55. The van der Waals surface area contributed by atoms with Gasteiger partial charge in [-0.2, -0.15) is 13.2 Å². The highest BCUT2D eigenvalue weighted by atomic mass is 19.4. The number of anilines is 2. The maximum Gasteiger partial charge on any atom is 0.471 e. The van der Waals surface area contributed by atoms with Crippen LogP contribution in [0.4, 0.5) is 24.5 Å². The number of piperazine rings is 1. The van der Waals surface area contributed by atoms with Crippen molar-refractivity contribution in [1.82, 2.24) is 4.90 Å². The summed E-state index contributed by atoms with van der Waals surface area (Å²) in [7, 11) is 0. The van der Waals surface area contributed by atoms with E-state index in [2.05, 4.69) is 4.90 Å². The lowest BCUT2D eigenvalue weighted by molar-refractivity contribution is -0.167. The molecule has 0 radical (unpaired) electrons. The summed E-state index contributed by atoms with van der Waals surface area (Å²) in [5.74, 6) is -1.97. The van der Waals surface area contributed by atoms with Crippen LogP contribution in [-0.4, -0.2) is 61.4 Å². The molecule has 1 aromatic rings. The van der Waals surface area contributed by atoms with Crippen LogP contribution in [0.3, 0.4) is 0 Å². The van der Waals surface area contributed by atoms with Gasteiger partial charge in [-0.05, 0) is 18.6 Å². The van der Waals surface area contributed by atoms with E-state index in [-0.39, 0.29) is 12.3 Å². The molecule has 1 aliphatic heterocycles. The Hall–Kier alpha value is -1.80. The minimum absolute atomic E-state index is 0.145. The first-order valence-corrected chi connectivity index (χ1v) is 7.47. The summed E-state index contributed by atoms with van der Waals surface area (Å²) in [6.45, 7) is 3.79. The van der Waals surface area contributed by atoms with Crippen molar-refractivity contribution < 1.29 is 23.1 Å². The SMILES string of the molecule is O=C(Nc1ccccc1N1CCN(CCCO)CC1)C(F)(F)F. The van der Waals surface area contributed by atoms with Gasteiger partial charge in [-0.15, -0.1) is 0 Å². The van der Waals surface area contributed by atoms with Crippen LogP contribution in [0.1, 0.15) is 6.42 Å². The molecule has 1 saturated heterocycles. The van der Waals surface area contributed by atoms with Gasteiger partial charge in [0.05, 0.1) is 11.4 Å². The average molecular weight is 331 g/mol. The molecule has 23 heavy (non-hydrogen) atoms. The number of para-hydroxylation sites is 2. The number of hydrogen-bond donors (Lipinski definition) is 2. The summed E-state index contributed by atoms with van der Waals surface area (Å²) in [6.07, 6.45) is -4.20. The van der Waals surface area contributed by atoms with Crippen LogP contribution in [0.2, 0.25) is 0 Å². The summed E-state index contributed by atoms with van der Waals surface area (Å²) in [4.78, 5) is 15.3. The number of amides is 1. The number of aliphatic hydroxyl groups excluding tert-OH is 1. The van der Waals surface area contributed by atoms with Crippen LogP contribution in [0, 0.1) is 0 Å². The Labute approximate surface area is 132 Å². The van der Waals surface area contributed by atoms with Crippen molar-refractivity contribution in [1.29, 1.82) is 0 Å². The second-order valence-corrected chi connectivity index (χ2v) is 5.37. The van der Waals surface area contributed by atoms with Crippen molar-refractivity contribution >= 4 is 17.3 Å². The Morgan fingerprint density at radius 1 is 1.17 bits per heavy atom. The first-order chi connectivity index (χ1) is 10.9. The van der Waals surface area contributed by atoms with Crippen LogP contribution in [0.25, 0.3) is 0 Å². The normalized spacial score (nSPS) is 16.4. The molecule has 2 N–H and O–H groups in total. The van der Waals surface area contributed by atoms with Gasteiger partial charge >= 0.3 is 12.1 Å². The fraction of sp³-hybridized carbons (Fsp3) is 0.533.